The maximum absolute atomic E-state index is 13.3. The summed E-state index contributed by atoms with van der Waals surface area (Å²) < 4.78 is 47.2. The number of carbonyl (C=O) groups excluding carboxylic acids is 1. The van der Waals surface area contributed by atoms with Crippen molar-refractivity contribution >= 4 is 5.91 Å². The van der Waals surface area contributed by atoms with Crippen molar-refractivity contribution in [3.05, 3.63) is 52.8 Å². The zero-order chi connectivity index (χ0) is 22.4. The molecule has 1 aromatic heterocycles. The second-order valence-electron chi connectivity index (χ2n) is 8.70. The molecule has 0 atom stereocenters. The number of hydrogen-bond donors (Lipinski definition) is 1. The number of fused-ring (bicyclic) bond motifs is 2. The Morgan fingerprint density at radius 3 is 2.48 bits per heavy atom. The molecule has 2 aliphatic rings. The molecule has 4 rings (SSSR count). The number of hydrogen-bond acceptors (Lipinski definition) is 3. The van der Waals surface area contributed by atoms with Crippen molar-refractivity contribution in [3.8, 4) is 5.75 Å². The van der Waals surface area contributed by atoms with Crippen LogP contribution < -0.4 is 10.1 Å². The largest absolute Gasteiger partial charge is 0.491 e. The summed E-state index contributed by atoms with van der Waals surface area (Å²) >= 11 is 0. The molecule has 2 aliphatic heterocycles. The maximum atomic E-state index is 13.3. The number of aromatic nitrogens is 1. The van der Waals surface area contributed by atoms with Crippen molar-refractivity contribution < 1.29 is 24.1 Å². The van der Waals surface area contributed by atoms with Crippen LogP contribution in [0.3, 0.4) is 0 Å². The molecule has 1 N–H and O–H groups in total. The molecule has 170 valence electrons. The first-order chi connectivity index (χ1) is 14.6. The fraction of sp³-hybridized carbons (Fsp3) is 0.522. The van der Waals surface area contributed by atoms with Gasteiger partial charge in [-0.05, 0) is 69.5 Å². The first kappa shape index (κ1) is 21.7. The smallest absolute Gasteiger partial charge is 0.431 e. The fourth-order valence-corrected chi connectivity index (χ4v) is 4.75. The van der Waals surface area contributed by atoms with E-state index in [2.05, 4.69) is 5.32 Å². The van der Waals surface area contributed by atoms with Gasteiger partial charge in [-0.3, -0.25) is 4.79 Å². The molecule has 1 amide bonds. The lowest BCUT2D eigenvalue weighted by atomic mass is 9.83. The van der Waals surface area contributed by atoms with E-state index in [-0.39, 0.29) is 13.4 Å². The van der Waals surface area contributed by atoms with Gasteiger partial charge in [0, 0.05) is 38.9 Å². The predicted molar refractivity (Wildman–Crippen MR) is 113 cm³/mol. The Labute approximate surface area is 181 Å². The Morgan fingerprint density at radius 2 is 1.87 bits per heavy atom. The van der Waals surface area contributed by atoms with E-state index in [0.29, 0.717) is 50.3 Å². The van der Waals surface area contributed by atoms with Crippen LogP contribution in [0, 0.1) is 6.92 Å². The summed E-state index contributed by atoms with van der Waals surface area (Å²) in [7, 11) is 0. The number of rotatable bonds is 3. The summed E-state index contributed by atoms with van der Waals surface area (Å²) in [6, 6.07) is 8.19. The summed E-state index contributed by atoms with van der Waals surface area (Å²) in [6.45, 7) is 7.58. The number of alkyl halides is 3. The third-order valence-corrected chi connectivity index (χ3v) is 6.25. The molecule has 0 bridgehead atoms. The van der Waals surface area contributed by atoms with Gasteiger partial charge in [-0.2, -0.15) is 13.2 Å². The van der Waals surface area contributed by atoms with Crippen LogP contribution in [0.2, 0.25) is 0 Å². The Hall–Kier alpha value is -2.48. The van der Waals surface area contributed by atoms with E-state index in [1.807, 2.05) is 32.9 Å². The molecular formula is C23H30F3N3O2. The SMILES string of the molecule is Cc1cc(C(=O)N2CCC3(CC2)NCCn2c(C(F)(F)F)ccc23)ccc1OC(C)C.[HH]. The molecule has 2 aromatic rings. The minimum Gasteiger partial charge on any atom is -0.491 e. The van der Waals surface area contributed by atoms with Crippen molar-refractivity contribution in [1.82, 2.24) is 14.8 Å². The summed E-state index contributed by atoms with van der Waals surface area (Å²) in [6.07, 6.45) is -3.16. The first-order valence-electron chi connectivity index (χ1n) is 10.7. The quantitative estimate of drug-likeness (QED) is 0.765. The third kappa shape index (κ3) is 4.05. The second kappa shape index (κ2) is 7.89. The lowest BCUT2D eigenvalue weighted by Crippen LogP contribution is -2.56. The van der Waals surface area contributed by atoms with Gasteiger partial charge in [0.25, 0.3) is 5.91 Å². The van der Waals surface area contributed by atoms with Gasteiger partial charge < -0.3 is 19.5 Å². The van der Waals surface area contributed by atoms with Gasteiger partial charge in [0.1, 0.15) is 11.4 Å². The van der Waals surface area contributed by atoms with Crippen molar-refractivity contribution in [2.24, 2.45) is 0 Å². The molecule has 1 fully saturated rings. The van der Waals surface area contributed by atoms with Crippen molar-refractivity contribution in [1.29, 1.82) is 0 Å². The molecule has 8 heteroatoms. The molecule has 0 saturated carbocycles. The van der Waals surface area contributed by atoms with Crippen LogP contribution in [0.5, 0.6) is 5.75 Å². The zero-order valence-corrected chi connectivity index (χ0v) is 18.1. The Balaban J connectivity index is 0.00000289. The third-order valence-electron chi connectivity index (χ3n) is 6.25. The summed E-state index contributed by atoms with van der Waals surface area (Å²) in [5.74, 6) is 0.702. The number of aryl methyl sites for hydroxylation is 1. The van der Waals surface area contributed by atoms with E-state index < -0.39 is 17.4 Å². The maximum Gasteiger partial charge on any atom is 0.431 e. The highest BCUT2D eigenvalue weighted by Gasteiger charge is 2.44. The number of piperidine rings is 1. The van der Waals surface area contributed by atoms with Crippen LogP contribution in [0.25, 0.3) is 0 Å². The van der Waals surface area contributed by atoms with Crippen LogP contribution in [-0.4, -0.2) is 41.1 Å². The van der Waals surface area contributed by atoms with Crippen molar-refractivity contribution in [2.75, 3.05) is 19.6 Å². The van der Waals surface area contributed by atoms with Gasteiger partial charge in [0.2, 0.25) is 0 Å². The highest BCUT2D eigenvalue weighted by molar-refractivity contribution is 5.94. The van der Waals surface area contributed by atoms with E-state index >= 15 is 0 Å². The summed E-state index contributed by atoms with van der Waals surface area (Å²) in [5, 5.41) is 3.45. The number of ether oxygens (including phenoxy) is 1. The Bertz CT molecular complexity index is 979. The number of nitrogens with one attached hydrogen (secondary N) is 1. The van der Waals surface area contributed by atoms with Crippen molar-refractivity contribution in [3.63, 3.8) is 0 Å². The standard InChI is InChI=1S/C23H28F3N3O2.H2/c1-15(2)31-18-5-4-17(14-16(18)3)21(30)28-11-8-22(9-12-28)19-6-7-20(23(24,25)26)29(19)13-10-27-22;/h4-7,14-15,27H,8-13H2,1-3H3;1H. The first-order valence-corrected chi connectivity index (χ1v) is 10.7. The van der Waals surface area contributed by atoms with E-state index in [4.69, 9.17) is 4.74 Å². The average Bonchev–Trinajstić information content (AvgIpc) is 3.16. The molecule has 0 unspecified atom stereocenters. The van der Waals surface area contributed by atoms with Crippen LogP contribution >= 0.6 is 0 Å². The Kier molecular flexibility index (Phi) is 5.54. The van der Waals surface area contributed by atoms with Crippen LogP contribution in [0.1, 0.15) is 55.4 Å². The molecule has 31 heavy (non-hydrogen) atoms. The van der Waals surface area contributed by atoms with Crippen LogP contribution in [0.4, 0.5) is 13.2 Å². The number of likely N-dealkylation sites (tertiary alicyclic amines) is 1. The van der Waals surface area contributed by atoms with Gasteiger partial charge in [-0.25, -0.2) is 0 Å². The number of benzene rings is 1. The summed E-state index contributed by atoms with van der Waals surface area (Å²) in [4.78, 5) is 14.8. The minimum absolute atomic E-state index is 0. The second-order valence-corrected chi connectivity index (χ2v) is 8.70. The monoisotopic (exact) mass is 437 g/mol. The lowest BCUT2D eigenvalue weighted by molar-refractivity contribution is -0.144. The van der Waals surface area contributed by atoms with Gasteiger partial charge in [0.15, 0.2) is 0 Å². The zero-order valence-electron chi connectivity index (χ0n) is 18.1. The average molecular weight is 438 g/mol. The van der Waals surface area contributed by atoms with E-state index in [9.17, 15) is 18.0 Å². The van der Waals surface area contributed by atoms with Gasteiger partial charge in [-0.15, -0.1) is 0 Å². The molecule has 5 nitrogen and oxygen atoms in total. The highest BCUT2D eigenvalue weighted by Crippen LogP contribution is 2.40. The molecule has 0 radical (unpaired) electrons. The van der Waals surface area contributed by atoms with Gasteiger partial charge >= 0.3 is 6.18 Å². The molecular weight excluding hydrogens is 407 g/mol. The van der Waals surface area contributed by atoms with Crippen LogP contribution in [-0.2, 0) is 18.3 Å². The lowest BCUT2D eigenvalue weighted by Gasteiger charge is -2.45. The highest BCUT2D eigenvalue weighted by atomic mass is 19.4. The number of halogens is 3. The van der Waals surface area contributed by atoms with Gasteiger partial charge in [0.05, 0.1) is 11.6 Å². The number of nitrogens with zero attached hydrogens (tertiary/aromatic N) is 2. The number of carbonyl (C=O) groups is 1. The Morgan fingerprint density at radius 1 is 1.16 bits per heavy atom. The molecule has 3 heterocycles. The van der Waals surface area contributed by atoms with E-state index in [1.54, 1.807) is 17.0 Å². The molecule has 1 spiro atoms. The summed E-state index contributed by atoms with van der Waals surface area (Å²) in [5.41, 5.74) is 1.05. The normalized spacial score (nSPS) is 18.4. The van der Waals surface area contributed by atoms with Crippen LogP contribution in [0.15, 0.2) is 30.3 Å². The van der Waals surface area contributed by atoms with E-state index in [0.717, 1.165) is 11.3 Å². The van der Waals surface area contributed by atoms with Gasteiger partial charge in [-0.1, -0.05) is 0 Å². The topological polar surface area (TPSA) is 46.5 Å². The predicted octanol–water partition coefficient (Wildman–Crippen LogP) is 4.58. The minimum atomic E-state index is -4.36. The molecule has 0 aliphatic carbocycles. The number of amides is 1. The molecule has 1 aromatic carbocycles. The van der Waals surface area contributed by atoms with E-state index in [1.165, 1.54) is 10.6 Å². The fourth-order valence-electron chi connectivity index (χ4n) is 4.75. The van der Waals surface area contributed by atoms with Crippen molar-refractivity contribution in [2.45, 2.75) is 58.0 Å². The molecule has 1 saturated heterocycles.